The number of hydrogen-bond acceptors (Lipinski definition) is 3. The standard InChI is InChI=1S/C13H9ClF3N3O3/c1-20-5-7(12(22)23)10(19-20)11(21)18-6-2-3-9(14)8(4-6)13(15,16)17/h2-5H,1H3,(H,18,21)(H,22,23). The van der Waals surface area contributed by atoms with Crippen molar-refractivity contribution in [1.29, 1.82) is 0 Å². The first-order valence-corrected chi connectivity index (χ1v) is 6.42. The summed E-state index contributed by atoms with van der Waals surface area (Å²) in [5.41, 5.74) is -2.08. The second-order valence-electron chi connectivity index (χ2n) is 4.52. The Morgan fingerprint density at radius 2 is 2.00 bits per heavy atom. The fraction of sp³-hybridized carbons (Fsp3) is 0.154. The van der Waals surface area contributed by atoms with E-state index in [4.69, 9.17) is 16.7 Å². The molecule has 1 aromatic heterocycles. The van der Waals surface area contributed by atoms with Crippen LogP contribution in [0.1, 0.15) is 26.4 Å². The maximum atomic E-state index is 12.8. The van der Waals surface area contributed by atoms with Crippen LogP contribution in [-0.4, -0.2) is 26.8 Å². The molecule has 0 fully saturated rings. The van der Waals surface area contributed by atoms with Crippen molar-refractivity contribution in [2.45, 2.75) is 6.18 Å². The molecule has 0 bridgehead atoms. The summed E-state index contributed by atoms with van der Waals surface area (Å²) in [5, 5.41) is 14.3. The van der Waals surface area contributed by atoms with Crippen molar-refractivity contribution in [1.82, 2.24) is 9.78 Å². The Balaban J connectivity index is 2.33. The van der Waals surface area contributed by atoms with Crippen LogP contribution in [0, 0.1) is 0 Å². The molecule has 0 saturated carbocycles. The van der Waals surface area contributed by atoms with Crippen molar-refractivity contribution in [2.24, 2.45) is 7.05 Å². The van der Waals surface area contributed by atoms with E-state index in [2.05, 4.69) is 10.4 Å². The molecule has 0 atom stereocenters. The van der Waals surface area contributed by atoms with Crippen molar-refractivity contribution < 1.29 is 27.9 Å². The molecule has 0 aliphatic rings. The summed E-state index contributed by atoms with van der Waals surface area (Å²) in [6.07, 6.45) is -3.57. The minimum atomic E-state index is -4.69. The van der Waals surface area contributed by atoms with Gasteiger partial charge in [0.25, 0.3) is 5.91 Å². The summed E-state index contributed by atoms with van der Waals surface area (Å²) in [6.45, 7) is 0. The Labute approximate surface area is 132 Å². The van der Waals surface area contributed by atoms with Crippen molar-refractivity contribution >= 4 is 29.2 Å². The molecule has 122 valence electrons. The number of aromatic carboxylic acids is 1. The molecule has 1 heterocycles. The van der Waals surface area contributed by atoms with Gasteiger partial charge in [0.2, 0.25) is 0 Å². The smallest absolute Gasteiger partial charge is 0.417 e. The molecule has 2 N–H and O–H groups in total. The van der Waals surface area contributed by atoms with Crippen LogP contribution in [0.15, 0.2) is 24.4 Å². The number of rotatable bonds is 3. The van der Waals surface area contributed by atoms with Gasteiger partial charge in [-0.25, -0.2) is 4.79 Å². The number of carboxylic acids is 1. The third-order valence-corrected chi connectivity index (χ3v) is 3.13. The Morgan fingerprint density at radius 3 is 2.57 bits per heavy atom. The molecule has 2 rings (SSSR count). The SMILES string of the molecule is Cn1cc(C(=O)O)c(C(=O)Nc2ccc(Cl)c(C(F)(F)F)c2)n1. The molecule has 2 aromatic rings. The lowest BCUT2D eigenvalue weighted by Gasteiger charge is -2.11. The number of nitrogens with one attached hydrogen (secondary N) is 1. The predicted molar refractivity (Wildman–Crippen MR) is 74.6 cm³/mol. The Bertz CT molecular complexity index is 787. The molecule has 0 aliphatic carbocycles. The summed E-state index contributed by atoms with van der Waals surface area (Å²) in [6, 6.07) is 2.80. The van der Waals surface area contributed by atoms with Crippen LogP contribution >= 0.6 is 11.6 Å². The van der Waals surface area contributed by atoms with Gasteiger partial charge < -0.3 is 10.4 Å². The molecule has 0 unspecified atom stereocenters. The molecule has 1 aromatic carbocycles. The third kappa shape index (κ3) is 3.62. The highest BCUT2D eigenvalue weighted by Crippen LogP contribution is 2.36. The van der Waals surface area contributed by atoms with E-state index < -0.39 is 34.3 Å². The van der Waals surface area contributed by atoms with Gasteiger partial charge in [0.1, 0.15) is 5.56 Å². The van der Waals surface area contributed by atoms with Crippen molar-refractivity contribution in [3.8, 4) is 0 Å². The number of carbonyl (C=O) groups excluding carboxylic acids is 1. The summed E-state index contributed by atoms with van der Waals surface area (Å²) in [7, 11) is 1.41. The number of halogens is 4. The monoisotopic (exact) mass is 347 g/mol. The first kappa shape index (κ1) is 16.8. The van der Waals surface area contributed by atoms with E-state index in [0.29, 0.717) is 6.07 Å². The second-order valence-corrected chi connectivity index (χ2v) is 4.92. The molecule has 23 heavy (non-hydrogen) atoms. The zero-order valence-corrected chi connectivity index (χ0v) is 12.2. The largest absolute Gasteiger partial charge is 0.478 e. The van der Waals surface area contributed by atoms with Gasteiger partial charge >= 0.3 is 12.1 Å². The highest BCUT2D eigenvalue weighted by molar-refractivity contribution is 6.31. The van der Waals surface area contributed by atoms with Crippen LogP contribution in [0.2, 0.25) is 5.02 Å². The van der Waals surface area contributed by atoms with E-state index in [1.54, 1.807) is 0 Å². The number of amides is 1. The number of nitrogens with zero attached hydrogens (tertiary/aromatic N) is 2. The van der Waals surface area contributed by atoms with Gasteiger partial charge in [0, 0.05) is 18.9 Å². The number of hydrogen-bond donors (Lipinski definition) is 2. The molecular weight excluding hydrogens is 339 g/mol. The summed E-state index contributed by atoms with van der Waals surface area (Å²) in [5.74, 6) is -2.33. The number of benzene rings is 1. The normalized spacial score (nSPS) is 11.3. The van der Waals surface area contributed by atoms with Gasteiger partial charge in [-0.05, 0) is 18.2 Å². The maximum absolute atomic E-state index is 12.8. The highest BCUT2D eigenvalue weighted by Gasteiger charge is 2.33. The van der Waals surface area contributed by atoms with E-state index in [0.717, 1.165) is 16.9 Å². The van der Waals surface area contributed by atoms with E-state index >= 15 is 0 Å². The fourth-order valence-electron chi connectivity index (χ4n) is 1.82. The van der Waals surface area contributed by atoms with Crippen LogP contribution in [-0.2, 0) is 13.2 Å². The average Bonchev–Trinajstić information content (AvgIpc) is 2.82. The number of carbonyl (C=O) groups is 2. The van der Waals surface area contributed by atoms with Crippen molar-refractivity contribution in [3.05, 3.63) is 46.2 Å². The number of aryl methyl sites for hydroxylation is 1. The highest BCUT2D eigenvalue weighted by atomic mass is 35.5. The topological polar surface area (TPSA) is 84.2 Å². The van der Waals surface area contributed by atoms with Gasteiger partial charge in [-0.3, -0.25) is 9.48 Å². The zero-order valence-electron chi connectivity index (χ0n) is 11.5. The van der Waals surface area contributed by atoms with Crippen molar-refractivity contribution in [3.63, 3.8) is 0 Å². The molecule has 6 nitrogen and oxygen atoms in total. The van der Waals surface area contributed by atoms with E-state index in [1.165, 1.54) is 13.1 Å². The average molecular weight is 348 g/mol. The number of anilines is 1. The quantitative estimate of drug-likeness (QED) is 0.893. The minimum absolute atomic E-state index is 0.186. The molecular formula is C13H9ClF3N3O3. The molecule has 10 heteroatoms. The summed E-state index contributed by atoms with van der Waals surface area (Å²) >= 11 is 5.48. The lowest BCUT2D eigenvalue weighted by atomic mass is 10.2. The number of aromatic nitrogens is 2. The number of carboxylic acid groups (broad SMARTS) is 1. The van der Waals surface area contributed by atoms with Crippen LogP contribution < -0.4 is 5.32 Å². The lowest BCUT2D eigenvalue weighted by molar-refractivity contribution is -0.137. The molecule has 0 aliphatic heterocycles. The van der Waals surface area contributed by atoms with Gasteiger partial charge in [0.05, 0.1) is 10.6 Å². The number of alkyl halides is 3. The summed E-state index contributed by atoms with van der Waals surface area (Å²) < 4.78 is 39.4. The van der Waals surface area contributed by atoms with Gasteiger partial charge in [-0.1, -0.05) is 11.6 Å². The van der Waals surface area contributed by atoms with Crippen LogP contribution in [0.25, 0.3) is 0 Å². The molecule has 1 amide bonds. The molecule has 0 radical (unpaired) electrons. The van der Waals surface area contributed by atoms with E-state index in [9.17, 15) is 22.8 Å². The summed E-state index contributed by atoms with van der Waals surface area (Å²) in [4.78, 5) is 23.1. The van der Waals surface area contributed by atoms with E-state index in [-0.39, 0.29) is 11.3 Å². The van der Waals surface area contributed by atoms with Gasteiger partial charge in [-0.15, -0.1) is 0 Å². The van der Waals surface area contributed by atoms with Gasteiger partial charge in [0.15, 0.2) is 5.69 Å². The first-order valence-electron chi connectivity index (χ1n) is 6.04. The first-order chi connectivity index (χ1) is 10.6. The van der Waals surface area contributed by atoms with Crippen molar-refractivity contribution in [2.75, 3.05) is 5.32 Å². The van der Waals surface area contributed by atoms with E-state index in [1.807, 2.05) is 0 Å². The predicted octanol–water partition coefficient (Wildman–Crippen LogP) is 3.04. The van der Waals surface area contributed by atoms with Crippen LogP contribution in [0.4, 0.5) is 18.9 Å². The lowest BCUT2D eigenvalue weighted by Crippen LogP contribution is -2.17. The van der Waals surface area contributed by atoms with Crippen LogP contribution in [0.5, 0.6) is 0 Å². The minimum Gasteiger partial charge on any atom is -0.478 e. The molecule has 0 saturated heterocycles. The van der Waals surface area contributed by atoms with Crippen LogP contribution in [0.3, 0.4) is 0 Å². The maximum Gasteiger partial charge on any atom is 0.417 e. The van der Waals surface area contributed by atoms with Gasteiger partial charge in [-0.2, -0.15) is 18.3 Å². The fourth-order valence-corrected chi connectivity index (χ4v) is 2.05. The zero-order chi connectivity index (χ0) is 17.4. The Hall–Kier alpha value is -2.55. The third-order valence-electron chi connectivity index (χ3n) is 2.80. The Morgan fingerprint density at radius 1 is 1.35 bits per heavy atom. The second kappa shape index (κ2) is 5.92. The Kier molecular flexibility index (Phi) is 4.33. The molecule has 0 spiro atoms.